The monoisotopic (exact) mass is 180 g/mol. The van der Waals surface area contributed by atoms with Crippen LogP contribution in [0.15, 0.2) is 18.2 Å². The summed E-state index contributed by atoms with van der Waals surface area (Å²) in [6, 6.07) is 5.32. The minimum Gasteiger partial charge on any atom is -0.207 e. The van der Waals surface area contributed by atoms with E-state index in [4.69, 9.17) is 0 Å². The third-order valence-electron chi connectivity index (χ3n) is 2.23. The van der Waals surface area contributed by atoms with Gasteiger partial charge in [0.25, 0.3) is 0 Å². The van der Waals surface area contributed by atoms with E-state index >= 15 is 0 Å². The molecule has 0 atom stereocenters. The van der Waals surface area contributed by atoms with Crippen LogP contribution in [-0.4, -0.2) is 0 Å². The first-order valence-corrected chi connectivity index (χ1v) is 4.73. The molecular formula is C12H17F. The van der Waals surface area contributed by atoms with Crippen molar-refractivity contribution < 1.29 is 4.39 Å². The molecule has 72 valence electrons. The summed E-state index contributed by atoms with van der Waals surface area (Å²) >= 11 is 0. The van der Waals surface area contributed by atoms with Crippen LogP contribution in [0.2, 0.25) is 0 Å². The minimum absolute atomic E-state index is 0.0338. The van der Waals surface area contributed by atoms with E-state index in [1.54, 1.807) is 12.1 Å². The van der Waals surface area contributed by atoms with Crippen molar-refractivity contribution in [2.24, 2.45) is 0 Å². The predicted octanol–water partition coefficient (Wildman–Crippen LogP) is 3.69. The Balaban J connectivity index is 3.16. The van der Waals surface area contributed by atoms with Crippen molar-refractivity contribution in [1.82, 2.24) is 0 Å². The van der Waals surface area contributed by atoms with Gasteiger partial charge in [-0.2, -0.15) is 0 Å². The Hall–Kier alpha value is -0.850. The summed E-state index contributed by atoms with van der Waals surface area (Å²) in [6.07, 6.45) is 0.890. The molecule has 0 aliphatic rings. The number of hydrogen-bond donors (Lipinski definition) is 0. The lowest BCUT2D eigenvalue weighted by atomic mass is 9.86. The molecular weight excluding hydrogens is 163 g/mol. The molecule has 1 heteroatoms. The zero-order valence-corrected chi connectivity index (χ0v) is 8.82. The van der Waals surface area contributed by atoms with Gasteiger partial charge >= 0.3 is 0 Å². The third kappa shape index (κ3) is 2.55. The molecule has 0 bridgehead atoms. The fourth-order valence-corrected chi connectivity index (χ4v) is 1.29. The molecule has 0 heterocycles. The molecule has 0 nitrogen and oxygen atoms in total. The van der Waals surface area contributed by atoms with Crippen LogP contribution in [0.3, 0.4) is 0 Å². The second-order valence-electron chi connectivity index (χ2n) is 4.45. The summed E-state index contributed by atoms with van der Waals surface area (Å²) < 4.78 is 13.1. The van der Waals surface area contributed by atoms with Gasteiger partial charge in [-0.3, -0.25) is 0 Å². The summed E-state index contributed by atoms with van der Waals surface area (Å²) in [5, 5.41) is 0. The van der Waals surface area contributed by atoms with Crippen molar-refractivity contribution in [3.8, 4) is 0 Å². The topological polar surface area (TPSA) is 0 Å². The number of halogens is 1. The van der Waals surface area contributed by atoms with E-state index in [0.717, 1.165) is 17.5 Å². The Morgan fingerprint density at radius 1 is 1.15 bits per heavy atom. The second-order valence-corrected chi connectivity index (χ2v) is 4.45. The maximum Gasteiger partial charge on any atom is 0.123 e. The molecule has 0 fully saturated rings. The normalized spacial score (nSPS) is 11.8. The fraction of sp³-hybridized carbons (Fsp3) is 0.500. The highest BCUT2D eigenvalue weighted by Crippen LogP contribution is 2.24. The van der Waals surface area contributed by atoms with Gasteiger partial charge in [0.05, 0.1) is 0 Å². The highest BCUT2D eigenvalue weighted by atomic mass is 19.1. The quantitative estimate of drug-likeness (QED) is 0.618. The van der Waals surface area contributed by atoms with Crippen LogP contribution in [0.25, 0.3) is 0 Å². The SMILES string of the molecule is CCc1cc(F)cc(C(C)(C)C)c1. The van der Waals surface area contributed by atoms with Crippen molar-refractivity contribution in [3.63, 3.8) is 0 Å². The Labute approximate surface area is 79.8 Å². The van der Waals surface area contributed by atoms with E-state index in [2.05, 4.69) is 26.8 Å². The first kappa shape index (κ1) is 10.2. The Morgan fingerprint density at radius 2 is 1.77 bits per heavy atom. The molecule has 0 aliphatic carbocycles. The average molecular weight is 180 g/mol. The summed E-state index contributed by atoms with van der Waals surface area (Å²) in [7, 11) is 0. The Bertz CT molecular complexity index is 294. The average Bonchev–Trinajstić information content (AvgIpc) is 2.01. The van der Waals surface area contributed by atoms with Gasteiger partial charge in [0, 0.05) is 0 Å². The van der Waals surface area contributed by atoms with Crippen LogP contribution < -0.4 is 0 Å². The lowest BCUT2D eigenvalue weighted by molar-refractivity contribution is 0.570. The molecule has 13 heavy (non-hydrogen) atoms. The van der Waals surface area contributed by atoms with E-state index in [1.165, 1.54) is 0 Å². The van der Waals surface area contributed by atoms with Gasteiger partial charge < -0.3 is 0 Å². The van der Waals surface area contributed by atoms with Gasteiger partial charge in [-0.1, -0.05) is 33.8 Å². The molecule has 0 radical (unpaired) electrons. The Kier molecular flexibility index (Phi) is 2.74. The lowest BCUT2D eigenvalue weighted by Gasteiger charge is -2.19. The van der Waals surface area contributed by atoms with Gasteiger partial charge in [0.2, 0.25) is 0 Å². The van der Waals surface area contributed by atoms with Gasteiger partial charge in [0.15, 0.2) is 0 Å². The van der Waals surface area contributed by atoms with E-state index in [1.807, 2.05) is 6.92 Å². The molecule has 0 aromatic heterocycles. The highest BCUT2D eigenvalue weighted by Gasteiger charge is 2.14. The number of rotatable bonds is 1. The maximum atomic E-state index is 13.1. The van der Waals surface area contributed by atoms with Gasteiger partial charge in [-0.15, -0.1) is 0 Å². The van der Waals surface area contributed by atoms with Crippen LogP contribution in [0.4, 0.5) is 4.39 Å². The van der Waals surface area contributed by atoms with Crippen LogP contribution in [0.5, 0.6) is 0 Å². The second kappa shape index (κ2) is 3.49. The van der Waals surface area contributed by atoms with Crippen LogP contribution >= 0.6 is 0 Å². The summed E-state index contributed by atoms with van der Waals surface area (Å²) in [5.74, 6) is -0.121. The minimum atomic E-state index is -0.121. The van der Waals surface area contributed by atoms with Crippen molar-refractivity contribution in [2.45, 2.75) is 39.5 Å². The molecule has 1 rings (SSSR count). The van der Waals surface area contributed by atoms with Gasteiger partial charge in [-0.05, 0) is 35.1 Å². The van der Waals surface area contributed by atoms with Crippen molar-refractivity contribution >= 4 is 0 Å². The van der Waals surface area contributed by atoms with E-state index in [9.17, 15) is 4.39 Å². The van der Waals surface area contributed by atoms with E-state index in [0.29, 0.717) is 0 Å². The molecule has 0 unspecified atom stereocenters. The summed E-state index contributed by atoms with van der Waals surface area (Å²) in [6.45, 7) is 8.34. The third-order valence-corrected chi connectivity index (χ3v) is 2.23. The highest BCUT2D eigenvalue weighted by molar-refractivity contribution is 5.29. The largest absolute Gasteiger partial charge is 0.207 e. The fourth-order valence-electron chi connectivity index (χ4n) is 1.29. The molecule has 0 spiro atoms. The predicted molar refractivity (Wildman–Crippen MR) is 54.5 cm³/mol. The summed E-state index contributed by atoms with van der Waals surface area (Å²) in [5.41, 5.74) is 2.18. The molecule has 0 N–H and O–H groups in total. The van der Waals surface area contributed by atoms with Gasteiger partial charge in [0.1, 0.15) is 5.82 Å². The number of aryl methyl sites for hydroxylation is 1. The Morgan fingerprint density at radius 3 is 2.23 bits per heavy atom. The zero-order valence-electron chi connectivity index (χ0n) is 8.82. The standard InChI is InChI=1S/C12H17F/c1-5-9-6-10(12(2,3)4)8-11(13)7-9/h6-8H,5H2,1-4H3. The van der Waals surface area contributed by atoms with Crippen molar-refractivity contribution in [2.75, 3.05) is 0 Å². The smallest absolute Gasteiger partial charge is 0.123 e. The van der Waals surface area contributed by atoms with Crippen molar-refractivity contribution in [1.29, 1.82) is 0 Å². The summed E-state index contributed by atoms with van der Waals surface area (Å²) in [4.78, 5) is 0. The van der Waals surface area contributed by atoms with E-state index < -0.39 is 0 Å². The first-order chi connectivity index (χ1) is 5.93. The first-order valence-electron chi connectivity index (χ1n) is 4.73. The number of benzene rings is 1. The molecule has 0 saturated heterocycles. The van der Waals surface area contributed by atoms with Crippen LogP contribution in [-0.2, 0) is 11.8 Å². The van der Waals surface area contributed by atoms with Crippen molar-refractivity contribution in [3.05, 3.63) is 35.1 Å². The molecule has 0 amide bonds. The van der Waals surface area contributed by atoms with Gasteiger partial charge in [-0.25, -0.2) is 4.39 Å². The molecule has 0 saturated carbocycles. The molecule has 1 aromatic carbocycles. The van der Waals surface area contributed by atoms with Crippen LogP contribution in [0, 0.1) is 5.82 Å². The maximum absolute atomic E-state index is 13.1. The molecule has 0 aliphatic heterocycles. The number of hydrogen-bond acceptors (Lipinski definition) is 0. The zero-order chi connectivity index (χ0) is 10.1. The molecule has 1 aromatic rings. The van der Waals surface area contributed by atoms with E-state index in [-0.39, 0.29) is 11.2 Å². The lowest BCUT2D eigenvalue weighted by Crippen LogP contribution is -2.11. The van der Waals surface area contributed by atoms with Crippen LogP contribution in [0.1, 0.15) is 38.8 Å².